The maximum atomic E-state index is 11.3. The van der Waals surface area contributed by atoms with Crippen LogP contribution >= 0.6 is 0 Å². The van der Waals surface area contributed by atoms with Crippen molar-refractivity contribution in [2.24, 2.45) is 0 Å². The average Bonchev–Trinajstić information content (AvgIpc) is 2.76. The van der Waals surface area contributed by atoms with Crippen LogP contribution < -0.4 is 9.80 Å². The van der Waals surface area contributed by atoms with E-state index in [0.717, 1.165) is 11.4 Å². The van der Waals surface area contributed by atoms with Crippen LogP contribution in [0.5, 0.6) is 0 Å². The van der Waals surface area contributed by atoms with E-state index in [0.29, 0.717) is 24.3 Å². The first kappa shape index (κ1) is 26.6. The lowest BCUT2D eigenvalue weighted by Crippen LogP contribution is -2.09. The molecule has 30 heavy (non-hydrogen) atoms. The van der Waals surface area contributed by atoms with Crippen LogP contribution in [0.3, 0.4) is 0 Å². The SMILES string of the molecule is C=O.CCOC(=O)c1ccc(N(C)C)cc1.CCOC(=O)c1ccc(N(C)C)cc1. The molecule has 0 N–H and O–H groups in total. The van der Waals surface area contributed by atoms with Gasteiger partial charge in [0, 0.05) is 39.6 Å². The Balaban J connectivity index is 0.000000518. The molecule has 0 saturated carbocycles. The van der Waals surface area contributed by atoms with E-state index >= 15 is 0 Å². The van der Waals surface area contributed by atoms with Gasteiger partial charge in [0.05, 0.1) is 24.3 Å². The molecular formula is C23H32N2O5. The van der Waals surface area contributed by atoms with E-state index in [2.05, 4.69) is 0 Å². The predicted molar refractivity (Wildman–Crippen MR) is 121 cm³/mol. The number of carbonyl (C=O) groups is 3. The van der Waals surface area contributed by atoms with Gasteiger partial charge in [-0.3, -0.25) is 0 Å². The Labute approximate surface area is 179 Å². The van der Waals surface area contributed by atoms with Crippen LogP contribution in [0.4, 0.5) is 11.4 Å². The van der Waals surface area contributed by atoms with Gasteiger partial charge in [-0.25, -0.2) is 9.59 Å². The standard InChI is InChI=1S/2C11H15NO2.CH2O/c2*1-4-14-11(13)9-5-7-10(8-6-9)12(2)3;1-2/h2*5-8H,4H2,1-3H3;1H2. The van der Waals surface area contributed by atoms with Crippen molar-refractivity contribution in [3.63, 3.8) is 0 Å². The van der Waals surface area contributed by atoms with Crippen LogP contribution in [0.25, 0.3) is 0 Å². The molecule has 0 aliphatic carbocycles. The first-order valence-electron chi connectivity index (χ1n) is 9.48. The van der Waals surface area contributed by atoms with Crippen molar-refractivity contribution in [3.05, 3.63) is 59.7 Å². The van der Waals surface area contributed by atoms with Crippen molar-refractivity contribution in [3.8, 4) is 0 Å². The fraction of sp³-hybridized carbons (Fsp3) is 0.348. The molecule has 0 fully saturated rings. The molecule has 0 saturated heterocycles. The molecule has 2 aromatic carbocycles. The van der Waals surface area contributed by atoms with E-state index in [4.69, 9.17) is 14.3 Å². The summed E-state index contributed by atoms with van der Waals surface area (Å²) in [6.07, 6.45) is 0. The summed E-state index contributed by atoms with van der Waals surface area (Å²) < 4.78 is 9.75. The Hall–Kier alpha value is -3.35. The summed E-state index contributed by atoms with van der Waals surface area (Å²) in [5.41, 5.74) is 3.32. The minimum Gasteiger partial charge on any atom is -0.462 e. The summed E-state index contributed by atoms with van der Waals surface area (Å²) in [5, 5.41) is 0. The highest BCUT2D eigenvalue weighted by molar-refractivity contribution is 5.90. The zero-order chi connectivity index (χ0) is 23.1. The third kappa shape index (κ3) is 9.23. The number of esters is 2. The minimum absolute atomic E-state index is 0.266. The number of rotatable bonds is 6. The zero-order valence-electron chi connectivity index (χ0n) is 18.7. The van der Waals surface area contributed by atoms with Crippen molar-refractivity contribution in [1.29, 1.82) is 0 Å². The lowest BCUT2D eigenvalue weighted by molar-refractivity contribution is -0.0980. The highest BCUT2D eigenvalue weighted by atomic mass is 16.5. The molecule has 0 atom stereocenters. The van der Waals surface area contributed by atoms with Gasteiger partial charge >= 0.3 is 11.9 Å². The van der Waals surface area contributed by atoms with Gasteiger partial charge in [0.15, 0.2) is 0 Å². The molecule has 0 bridgehead atoms. The van der Waals surface area contributed by atoms with E-state index in [1.807, 2.05) is 69.0 Å². The molecule has 7 heteroatoms. The normalized spacial score (nSPS) is 9.13. The first-order chi connectivity index (χ1) is 14.3. The quantitative estimate of drug-likeness (QED) is 0.665. The number of ether oxygens (including phenoxy) is 2. The van der Waals surface area contributed by atoms with E-state index in [-0.39, 0.29) is 11.9 Å². The first-order valence-corrected chi connectivity index (χ1v) is 9.48. The van der Waals surface area contributed by atoms with Crippen molar-refractivity contribution < 1.29 is 23.9 Å². The molecule has 0 unspecified atom stereocenters. The molecular weight excluding hydrogens is 384 g/mol. The Kier molecular flexibility index (Phi) is 13.0. The largest absolute Gasteiger partial charge is 0.462 e. The molecule has 0 aromatic heterocycles. The van der Waals surface area contributed by atoms with E-state index in [9.17, 15) is 9.59 Å². The number of hydrogen-bond donors (Lipinski definition) is 0. The van der Waals surface area contributed by atoms with Crippen LogP contribution in [0.2, 0.25) is 0 Å². The molecule has 7 nitrogen and oxygen atoms in total. The van der Waals surface area contributed by atoms with Crippen molar-refractivity contribution in [1.82, 2.24) is 0 Å². The molecule has 2 aromatic rings. The van der Waals surface area contributed by atoms with Crippen LogP contribution in [-0.4, -0.2) is 60.1 Å². The van der Waals surface area contributed by atoms with Gasteiger partial charge in [-0.05, 0) is 62.4 Å². The van der Waals surface area contributed by atoms with E-state index < -0.39 is 0 Å². The van der Waals surface area contributed by atoms with Gasteiger partial charge in [-0.2, -0.15) is 0 Å². The van der Waals surface area contributed by atoms with Crippen molar-refractivity contribution >= 4 is 30.1 Å². The summed E-state index contributed by atoms with van der Waals surface area (Å²) in [5.74, 6) is -0.532. The van der Waals surface area contributed by atoms with Gasteiger partial charge in [-0.1, -0.05) is 0 Å². The highest BCUT2D eigenvalue weighted by Crippen LogP contribution is 2.13. The minimum atomic E-state index is -0.266. The summed E-state index contributed by atoms with van der Waals surface area (Å²) in [7, 11) is 7.83. The molecule has 164 valence electrons. The monoisotopic (exact) mass is 416 g/mol. The summed E-state index contributed by atoms with van der Waals surface area (Å²) >= 11 is 0. The van der Waals surface area contributed by atoms with Crippen LogP contribution in [-0.2, 0) is 14.3 Å². The third-order valence-electron chi connectivity index (χ3n) is 3.79. The van der Waals surface area contributed by atoms with Gasteiger partial charge in [-0.15, -0.1) is 0 Å². The lowest BCUT2D eigenvalue weighted by atomic mass is 10.2. The number of benzene rings is 2. The Bertz CT molecular complexity index is 691. The maximum absolute atomic E-state index is 11.3. The second kappa shape index (κ2) is 14.6. The molecule has 0 heterocycles. The van der Waals surface area contributed by atoms with Gasteiger partial charge in [0.25, 0.3) is 0 Å². The van der Waals surface area contributed by atoms with Crippen molar-refractivity contribution in [2.75, 3.05) is 51.2 Å². The Morgan fingerprint density at radius 3 is 1.13 bits per heavy atom. The fourth-order valence-corrected chi connectivity index (χ4v) is 2.22. The average molecular weight is 417 g/mol. The van der Waals surface area contributed by atoms with Crippen molar-refractivity contribution in [2.45, 2.75) is 13.8 Å². The fourth-order valence-electron chi connectivity index (χ4n) is 2.22. The van der Waals surface area contributed by atoms with Crippen LogP contribution in [0, 0.1) is 0 Å². The smallest absolute Gasteiger partial charge is 0.338 e. The number of nitrogens with zero attached hydrogens (tertiary/aromatic N) is 2. The predicted octanol–water partition coefficient (Wildman–Crippen LogP) is 3.67. The number of anilines is 2. The second-order valence-electron chi connectivity index (χ2n) is 6.32. The van der Waals surface area contributed by atoms with Gasteiger partial charge in [0.2, 0.25) is 0 Å². The Morgan fingerprint density at radius 2 is 0.933 bits per heavy atom. The molecule has 0 radical (unpaired) electrons. The third-order valence-corrected chi connectivity index (χ3v) is 3.79. The lowest BCUT2D eigenvalue weighted by Gasteiger charge is -2.12. The van der Waals surface area contributed by atoms with Crippen LogP contribution in [0.15, 0.2) is 48.5 Å². The number of carbonyl (C=O) groups excluding carboxylic acids is 3. The van der Waals surface area contributed by atoms with E-state index in [1.54, 1.807) is 38.1 Å². The molecule has 0 aliphatic heterocycles. The highest BCUT2D eigenvalue weighted by Gasteiger charge is 2.06. The van der Waals surface area contributed by atoms with Crippen LogP contribution in [0.1, 0.15) is 34.6 Å². The second-order valence-corrected chi connectivity index (χ2v) is 6.32. The summed E-state index contributed by atoms with van der Waals surface area (Å²) in [6, 6.07) is 14.7. The molecule has 0 aliphatic rings. The van der Waals surface area contributed by atoms with E-state index in [1.165, 1.54) is 0 Å². The maximum Gasteiger partial charge on any atom is 0.338 e. The molecule has 0 amide bonds. The Morgan fingerprint density at radius 1 is 0.667 bits per heavy atom. The van der Waals surface area contributed by atoms with Gasteiger partial charge < -0.3 is 24.1 Å². The number of hydrogen-bond acceptors (Lipinski definition) is 7. The van der Waals surface area contributed by atoms with Gasteiger partial charge in [0.1, 0.15) is 6.79 Å². The topological polar surface area (TPSA) is 76.1 Å². The summed E-state index contributed by atoms with van der Waals surface area (Å²) in [6.45, 7) is 6.42. The summed E-state index contributed by atoms with van der Waals surface area (Å²) in [4.78, 5) is 34.5. The zero-order valence-corrected chi connectivity index (χ0v) is 18.7. The molecule has 0 spiro atoms. The molecule has 2 rings (SSSR count).